The van der Waals surface area contributed by atoms with Gasteiger partial charge >= 0.3 is 0 Å². The average molecular weight is 239 g/mol. The molecule has 1 saturated heterocycles. The van der Waals surface area contributed by atoms with Gasteiger partial charge in [0.1, 0.15) is 0 Å². The fourth-order valence-corrected chi connectivity index (χ4v) is 3.69. The van der Waals surface area contributed by atoms with Crippen LogP contribution in [0.25, 0.3) is 0 Å². The summed E-state index contributed by atoms with van der Waals surface area (Å²) in [6.07, 6.45) is 1.14. The lowest BCUT2D eigenvalue weighted by atomic mass is 10.0. The largest absolute Gasteiger partial charge is 0.396 e. The molecule has 1 aromatic heterocycles. The Hall–Kier alpha value is -0.380. The van der Waals surface area contributed by atoms with Crippen molar-refractivity contribution in [1.29, 1.82) is 0 Å². The molecule has 0 amide bonds. The summed E-state index contributed by atoms with van der Waals surface area (Å²) >= 11 is 1.85. The van der Waals surface area contributed by atoms with Crippen LogP contribution in [0.2, 0.25) is 0 Å². The maximum absolute atomic E-state index is 9.21. The lowest BCUT2D eigenvalue weighted by Gasteiger charge is -2.30. The summed E-state index contributed by atoms with van der Waals surface area (Å²) < 4.78 is 0. The van der Waals surface area contributed by atoms with Gasteiger partial charge in [0.15, 0.2) is 0 Å². The van der Waals surface area contributed by atoms with Gasteiger partial charge in [0.2, 0.25) is 0 Å². The molecular weight excluding hydrogens is 218 g/mol. The maximum Gasteiger partial charge on any atom is 0.0471 e. The quantitative estimate of drug-likeness (QED) is 0.873. The zero-order valence-electron chi connectivity index (χ0n) is 10.1. The van der Waals surface area contributed by atoms with E-state index in [4.69, 9.17) is 0 Å². The molecule has 0 radical (unpaired) electrons. The highest BCUT2D eigenvalue weighted by molar-refractivity contribution is 7.10. The third-order valence-electron chi connectivity index (χ3n) is 3.44. The number of thiophene rings is 1. The van der Waals surface area contributed by atoms with E-state index in [1.807, 2.05) is 11.3 Å². The van der Waals surface area contributed by atoms with Gasteiger partial charge in [-0.1, -0.05) is 19.9 Å². The molecule has 0 saturated carbocycles. The summed E-state index contributed by atoms with van der Waals surface area (Å²) in [4.78, 5) is 4.01. The Balaban J connectivity index is 2.09. The van der Waals surface area contributed by atoms with Crippen LogP contribution < -0.4 is 0 Å². The van der Waals surface area contributed by atoms with Gasteiger partial charge in [-0.05, 0) is 36.2 Å². The number of hydrogen-bond acceptors (Lipinski definition) is 3. The van der Waals surface area contributed by atoms with Crippen molar-refractivity contribution < 1.29 is 5.11 Å². The maximum atomic E-state index is 9.21. The smallest absolute Gasteiger partial charge is 0.0471 e. The molecule has 2 heterocycles. The standard InChI is InChI=1S/C13H21NOS/c1-10(2)13(12-4-3-7-16-12)14-6-5-11(8-14)9-15/h3-4,7,10-11,13,15H,5-6,8-9H2,1-2H3. The van der Waals surface area contributed by atoms with E-state index in [1.54, 1.807) is 0 Å². The Labute approximate surface area is 102 Å². The van der Waals surface area contributed by atoms with E-state index in [1.165, 1.54) is 4.88 Å². The van der Waals surface area contributed by atoms with E-state index in [9.17, 15) is 5.11 Å². The van der Waals surface area contributed by atoms with Gasteiger partial charge in [-0.2, -0.15) is 0 Å². The molecule has 2 rings (SSSR count). The Morgan fingerprint density at radius 2 is 2.38 bits per heavy atom. The van der Waals surface area contributed by atoms with Crippen LogP contribution in [0, 0.1) is 11.8 Å². The van der Waals surface area contributed by atoms with E-state index in [0.29, 0.717) is 24.5 Å². The first-order valence-electron chi connectivity index (χ1n) is 6.10. The Bertz CT molecular complexity index is 310. The van der Waals surface area contributed by atoms with Crippen LogP contribution in [-0.2, 0) is 0 Å². The topological polar surface area (TPSA) is 23.5 Å². The Kier molecular flexibility index (Phi) is 4.00. The predicted octanol–water partition coefficient (Wildman–Crippen LogP) is 2.76. The number of aliphatic hydroxyl groups is 1. The van der Waals surface area contributed by atoms with Gasteiger partial charge in [0.05, 0.1) is 0 Å². The molecular formula is C13H21NOS. The van der Waals surface area contributed by atoms with Crippen LogP contribution in [0.4, 0.5) is 0 Å². The second-order valence-electron chi connectivity index (χ2n) is 5.04. The molecule has 2 atom stereocenters. The van der Waals surface area contributed by atoms with Crippen LogP contribution in [0.3, 0.4) is 0 Å². The molecule has 2 nitrogen and oxygen atoms in total. The van der Waals surface area contributed by atoms with Crippen LogP contribution >= 0.6 is 11.3 Å². The van der Waals surface area contributed by atoms with E-state index < -0.39 is 0 Å². The SMILES string of the molecule is CC(C)C(c1cccs1)N1CCC(CO)C1. The van der Waals surface area contributed by atoms with Crippen LogP contribution in [0.1, 0.15) is 31.2 Å². The minimum Gasteiger partial charge on any atom is -0.396 e. The fourth-order valence-electron chi connectivity index (χ4n) is 2.65. The zero-order valence-corrected chi connectivity index (χ0v) is 10.9. The van der Waals surface area contributed by atoms with E-state index in [2.05, 4.69) is 36.3 Å². The van der Waals surface area contributed by atoms with E-state index in [0.717, 1.165) is 19.5 Å². The highest BCUT2D eigenvalue weighted by Gasteiger charge is 2.30. The minimum atomic E-state index is 0.339. The second kappa shape index (κ2) is 5.30. The minimum absolute atomic E-state index is 0.339. The third-order valence-corrected chi connectivity index (χ3v) is 4.38. The summed E-state index contributed by atoms with van der Waals surface area (Å²) in [7, 11) is 0. The molecule has 1 aliphatic heterocycles. The highest BCUT2D eigenvalue weighted by atomic mass is 32.1. The van der Waals surface area contributed by atoms with Gasteiger partial charge in [-0.3, -0.25) is 4.90 Å². The first-order valence-corrected chi connectivity index (χ1v) is 6.98. The molecule has 0 aromatic carbocycles. The summed E-state index contributed by atoms with van der Waals surface area (Å²) in [5.74, 6) is 1.12. The summed E-state index contributed by atoms with van der Waals surface area (Å²) in [6.45, 7) is 7.10. The molecule has 0 aliphatic carbocycles. The highest BCUT2D eigenvalue weighted by Crippen LogP contribution is 2.35. The van der Waals surface area contributed by atoms with Crippen molar-refractivity contribution in [2.75, 3.05) is 19.7 Å². The first-order chi connectivity index (χ1) is 7.72. The monoisotopic (exact) mass is 239 g/mol. The van der Waals surface area contributed by atoms with Crippen molar-refractivity contribution in [2.45, 2.75) is 26.3 Å². The van der Waals surface area contributed by atoms with Crippen molar-refractivity contribution in [1.82, 2.24) is 4.90 Å². The van der Waals surface area contributed by atoms with Gasteiger partial charge in [-0.25, -0.2) is 0 Å². The number of nitrogens with zero attached hydrogens (tertiary/aromatic N) is 1. The molecule has 1 aromatic rings. The Morgan fingerprint density at radius 3 is 2.88 bits per heavy atom. The normalized spacial score (nSPS) is 24.1. The predicted molar refractivity (Wildman–Crippen MR) is 68.7 cm³/mol. The molecule has 16 heavy (non-hydrogen) atoms. The van der Waals surface area contributed by atoms with Gasteiger partial charge in [0, 0.05) is 24.1 Å². The lowest BCUT2D eigenvalue weighted by Crippen LogP contribution is -2.30. The average Bonchev–Trinajstić information content (AvgIpc) is 2.88. The number of likely N-dealkylation sites (tertiary alicyclic amines) is 1. The summed E-state index contributed by atoms with van der Waals surface area (Å²) in [5.41, 5.74) is 0. The zero-order chi connectivity index (χ0) is 11.5. The van der Waals surface area contributed by atoms with Crippen LogP contribution in [0.5, 0.6) is 0 Å². The lowest BCUT2D eigenvalue weighted by molar-refractivity contribution is 0.171. The molecule has 90 valence electrons. The van der Waals surface area contributed by atoms with Gasteiger partial charge in [-0.15, -0.1) is 11.3 Å². The van der Waals surface area contributed by atoms with Crippen molar-refractivity contribution in [3.63, 3.8) is 0 Å². The van der Waals surface area contributed by atoms with Gasteiger partial charge < -0.3 is 5.11 Å². The third kappa shape index (κ3) is 2.47. The van der Waals surface area contributed by atoms with E-state index >= 15 is 0 Å². The van der Waals surface area contributed by atoms with Crippen molar-refractivity contribution >= 4 is 11.3 Å². The van der Waals surface area contributed by atoms with Crippen molar-refractivity contribution in [3.8, 4) is 0 Å². The summed E-state index contributed by atoms with van der Waals surface area (Å²) in [5, 5.41) is 11.4. The van der Waals surface area contributed by atoms with Gasteiger partial charge in [0.25, 0.3) is 0 Å². The molecule has 1 fully saturated rings. The van der Waals surface area contributed by atoms with Crippen LogP contribution in [0.15, 0.2) is 17.5 Å². The van der Waals surface area contributed by atoms with E-state index in [-0.39, 0.29) is 0 Å². The molecule has 1 aliphatic rings. The molecule has 3 heteroatoms. The van der Waals surface area contributed by atoms with Crippen molar-refractivity contribution in [3.05, 3.63) is 22.4 Å². The molecule has 0 bridgehead atoms. The fraction of sp³-hybridized carbons (Fsp3) is 0.692. The summed E-state index contributed by atoms with van der Waals surface area (Å²) in [6, 6.07) is 4.91. The second-order valence-corrected chi connectivity index (χ2v) is 6.02. The number of rotatable bonds is 4. The molecule has 2 unspecified atom stereocenters. The van der Waals surface area contributed by atoms with Crippen LogP contribution in [-0.4, -0.2) is 29.7 Å². The molecule has 0 spiro atoms. The first kappa shape index (κ1) is 12.1. The number of hydrogen-bond donors (Lipinski definition) is 1. The van der Waals surface area contributed by atoms with Crippen molar-refractivity contribution in [2.24, 2.45) is 11.8 Å². The Morgan fingerprint density at radius 1 is 1.56 bits per heavy atom. The number of aliphatic hydroxyl groups excluding tert-OH is 1. The molecule has 1 N–H and O–H groups in total.